The largest absolute Gasteiger partial charge is 0.493 e. The molecule has 0 atom stereocenters. The summed E-state index contributed by atoms with van der Waals surface area (Å²) in [6, 6.07) is 15.9. The van der Waals surface area contributed by atoms with Gasteiger partial charge in [0.2, 0.25) is 0 Å². The fraction of sp³-hybridized carbons (Fsp3) is 0.176. The minimum absolute atomic E-state index is 0.158. The summed E-state index contributed by atoms with van der Waals surface area (Å²) in [4.78, 5) is 12.1. The monoisotopic (exact) mass is 281 g/mol. The fourth-order valence-corrected chi connectivity index (χ4v) is 1.82. The Kier molecular flexibility index (Phi) is 4.94. The molecular weight excluding hydrogens is 266 g/mol. The molecule has 0 aromatic heterocycles. The van der Waals surface area contributed by atoms with E-state index < -0.39 is 5.97 Å². The van der Waals surface area contributed by atoms with E-state index in [1.807, 2.05) is 19.1 Å². The zero-order valence-electron chi connectivity index (χ0n) is 11.7. The third-order valence-corrected chi connectivity index (χ3v) is 2.86. The molecule has 2 rings (SSSR count). The molecule has 0 bridgehead atoms. The Morgan fingerprint density at radius 2 is 1.86 bits per heavy atom. The van der Waals surface area contributed by atoms with E-state index in [9.17, 15) is 4.79 Å². The van der Waals surface area contributed by atoms with Crippen molar-refractivity contribution >= 4 is 5.97 Å². The Labute approximate surface area is 123 Å². The summed E-state index contributed by atoms with van der Waals surface area (Å²) < 4.78 is 10.7. The van der Waals surface area contributed by atoms with Crippen molar-refractivity contribution in [2.75, 3.05) is 6.61 Å². The molecule has 2 aromatic rings. The van der Waals surface area contributed by atoms with E-state index in [0.717, 1.165) is 5.56 Å². The molecule has 4 nitrogen and oxygen atoms in total. The molecular formula is C17H15NO3. The van der Waals surface area contributed by atoms with Crippen molar-refractivity contribution in [1.29, 1.82) is 5.26 Å². The second kappa shape index (κ2) is 7.11. The number of esters is 1. The molecule has 0 amide bonds. The molecule has 2 aromatic carbocycles. The summed E-state index contributed by atoms with van der Waals surface area (Å²) in [5.41, 5.74) is 1.82. The van der Waals surface area contributed by atoms with Crippen LogP contribution in [-0.4, -0.2) is 12.6 Å². The highest BCUT2D eigenvalue weighted by Crippen LogP contribution is 2.19. The highest BCUT2D eigenvalue weighted by atomic mass is 16.5. The van der Waals surface area contributed by atoms with Crippen molar-refractivity contribution < 1.29 is 14.3 Å². The van der Waals surface area contributed by atoms with Crippen molar-refractivity contribution in [3.8, 4) is 11.8 Å². The van der Waals surface area contributed by atoms with E-state index in [1.54, 1.807) is 42.5 Å². The number of hydrogen-bond acceptors (Lipinski definition) is 4. The van der Waals surface area contributed by atoms with Gasteiger partial charge in [-0.3, -0.25) is 0 Å². The van der Waals surface area contributed by atoms with E-state index in [2.05, 4.69) is 0 Å². The molecule has 21 heavy (non-hydrogen) atoms. The Bertz CT molecular complexity index is 656. The Hall–Kier alpha value is -2.80. The number of rotatable bonds is 5. The predicted octanol–water partition coefficient (Wildman–Crippen LogP) is 3.31. The highest BCUT2D eigenvalue weighted by Gasteiger charge is 2.13. The predicted molar refractivity (Wildman–Crippen MR) is 77.9 cm³/mol. The summed E-state index contributed by atoms with van der Waals surface area (Å²) in [5, 5.41) is 8.73. The first-order chi connectivity index (χ1) is 10.2. The SMILES string of the molecule is CCOc1ccccc1C(=O)OCc1ccc(C#N)cc1. The van der Waals surface area contributed by atoms with Gasteiger partial charge in [-0.15, -0.1) is 0 Å². The number of hydrogen-bond donors (Lipinski definition) is 0. The van der Waals surface area contributed by atoms with Crippen LogP contribution < -0.4 is 4.74 Å². The summed E-state index contributed by atoms with van der Waals surface area (Å²) in [6.45, 7) is 2.50. The second-order valence-corrected chi connectivity index (χ2v) is 4.31. The maximum Gasteiger partial charge on any atom is 0.342 e. The Morgan fingerprint density at radius 1 is 1.14 bits per heavy atom. The van der Waals surface area contributed by atoms with E-state index in [0.29, 0.717) is 23.5 Å². The molecule has 0 unspecified atom stereocenters. The molecule has 0 saturated heterocycles. The van der Waals surface area contributed by atoms with Crippen molar-refractivity contribution in [1.82, 2.24) is 0 Å². The third kappa shape index (κ3) is 3.83. The zero-order valence-corrected chi connectivity index (χ0v) is 11.7. The van der Waals surface area contributed by atoms with Crippen LogP contribution in [0.3, 0.4) is 0 Å². The number of nitriles is 1. The Balaban J connectivity index is 2.03. The topological polar surface area (TPSA) is 59.3 Å². The molecule has 0 fully saturated rings. The second-order valence-electron chi connectivity index (χ2n) is 4.31. The summed E-state index contributed by atoms with van der Waals surface area (Å²) in [5.74, 6) is 0.0910. The van der Waals surface area contributed by atoms with Gasteiger partial charge >= 0.3 is 5.97 Å². The van der Waals surface area contributed by atoms with Gasteiger partial charge in [0.25, 0.3) is 0 Å². The standard InChI is InChI=1S/C17H15NO3/c1-2-20-16-6-4-3-5-15(16)17(19)21-12-14-9-7-13(11-18)8-10-14/h3-10H,2,12H2,1H3. The van der Waals surface area contributed by atoms with Crippen LogP contribution in [0.25, 0.3) is 0 Å². The van der Waals surface area contributed by atoms with E-state index in [-0.39, 0.29) is 6.61 Å². The van der Waals surface area contributed by atoms with Gasteiger partial charge in [-0.25, -0.2) is 4.79 Å². The zero-order chi connectivity index (χ0) is 15.1. The molecule has 0 heterocycles. The average Bonchev–Trinajstić information content (AvgIpc) is 2.54. The van der Waals surface area contributed by atoms with Crippen LogP contribution in [-0.2, 0) is 11.3 Å². The number of carbonyl (C=O) groups excluding carboxylic acids is 1. The van der Waals surface area contributed by atoms with Gasteiger partial charge < -0.3 is 9.47 Å². The minimum Gasteiger partial charge on any atom is -0.493 e. The first-order valence-electron chi connectivity index (χ1n) is 6.62. The lowest BCUT2D eigenvalue weighted by Gasteiger charge is -2.10. The fourth-order valence-electron chi connectivity index (χ4n) is 1.82. The van der Waals surface area contributed by atoms with E-state index >= 15 is 0 Å². The lowest BCUT2D eigenvalue weighted by atomic mass is 10.1. The molecule has 0 radical (unpaired) electrons. The average molecular weight is 281 g/mol. The quantitative estimate of drug-likeness (QED) is 0.789. The van der Waals surface area contributed by atoms with E-state index in [1.165, 1.54) is 0 Å². The van der Waals surface area contributed by atoms with Crippen molar-refractivity contribution in [3.05, 3.63) is 65.2 Å². The van der Waals surface area contributed by atoms with Gasteiger partial charge in [0.05, 0.1) is 18.2 Å². The first-order valence-corrected chi connectivity index (χ1v) is 6.62. The Morgan fingerprint density at radius 3 is 2.52 bits per heavy atom. The highest BCUT2D eigenvalue weighted by molar-refractivity contribution is 5.92. The normalized spacial score (nSPS) is 9.71. The van der Waals surface area contributed by atoms with Crippen LogP contribution in [0.4, 0.5) is 0 Å². The van der Waals surface area contributed by atoms with Crippen LogP contribution >= 0.6 is 0 Å². The van der Waals surface area contributed by atoms with Crippen LogP contribution in [0.15, 0.2) is 48.5 Å². The van der Waals surface area contributed by atoms with Crippen molar-refractivity contribution in [2.24, 2.45) is 0 Å². The van der Waals surface area contributed by atoms with Crippen molar-refractivity contribution in [2.45, 2.75) is 13.5 Å². The van der Waals surface area contributed by atoms with Crippen molar-refractivity contribution in [3.63, 3.8) is 0 Å². The van der Waals surface area contributed by atoms with Gasteiger partial charge in [0.15, 0.2) is 0 Å². The van der Waals surface area contributed by atoms with Gasteiger partial charge in [0.1, 0.15) is 17.9 Å². The van der Waals surface area contributed by atoms with Crippen LogP contribution in [0.5, 0.6) is 5.75 Å². The molecule has 106 valence electrons. The molecule has 0 N–H and O–H groups in total. The maximum atomic E-state index is 12.1. The van der Waals surface area contributed by atoms with Gasteiger partial charge in [0, 0.05) is 0 Å². The van der Waals surface area contributed by atoms with Gasteiger partial charge in [-0.05, 0) is 36.8 Å². The molecule has 4 heteroatoms. The smallest absolute Gasteiger partial charge is 0.342 e. The number of carbonyl (C=O) groups is 1. The number of nitrogens with zero attached hydrogens (tertiary/aromatic N) is 1. The lowest BCUT2D eigenvalue weighted by Crippen LogP contribution is -2.08. The molecule has 0 saturated carbocycles. The van der Waals surface area contributed by atoms with Gasteiger partial charge in [-0.2, -0.15) is 5.26 Å². The summed E-state index contributed by atoms with van der Waals surface area (Å²) >= 11 is 0. The van der Waals surface area contributed by atoms with E-state index in [4.69, 9.17) is 14.7 Å². The number of benzene rings is 2. The molecule has 0 aliphatic rings. The van der Waals surface area contributed by atoms with Gasteiger partial charge in [-0.1, -0.05) is 24.3 Å². The summed E-state index contributed by atoms with van der Waals surface area (Å²) in [7, 11) is 0. The first kappa shape index (κ1) is 14.6. The summed E-state index contributed by atoms with van der Waals surface area (Å²) in [6.07, 6.45) is 0. The van der Waals surface area contributed by atoms with Crippen LogP contribution in [0.2, 0.25) is 0 Å². The molecule has 0 aliphatic carbocycles. The van der Waals surface area contributed by atoms with Crippen LogP contribution in [0, 0.1) is 11.3 Å². The van der Waals surface area contributed by atoms with Crippen LogP contribution in [0.1, 0.15) is 28.4 Å². The maximum absolute atomic E-state index is 12.1. The third-order valence-electron chi connectivity index (χ3n) is 2.86. The number of para-hydroxylation sites is 1. The lowest BCUT2D eigenvalue weighted by molar-refractivity contribution is 0.0468. The molecule has 0 aliphatic heterocycles. The minimum atomic E-state index is -0.427. The number of ether oxygens (including phenoxy) is 2. The molecule has 0 spiro atoms.